The van der Waals surface area contributed by atoms with Gasteiger partial charge in [0, 0.05) is 9.91 Å². The summed E-state index contributed by atoms with van der Waals surface area (Å²) in [5.74, 6) is 0. The molecule has 13 heavy (non-hydrogen) atoms. The van der Waals surface area contributed by atoms with Gasteiger partial charge in [-0.1, -0.05) is 6.07 Å². The molecule has 0 bridgehead atoms. The highest BCUT2D eigenvalue weighted by atomic mass is 32.1. The van der Waals surface area contributed by atoms with Crippen molar-refractivity contribution >= 4 is 29.7 Å². The van der Waals surface area contributed by atoms with Crippen LogP contribution < -0.4 is 0 Å². The predicted octanol–water partition coefficient (Wildman–Crippen LogP) is 2.02. The van der Waals surface area contributed by atoms with Gasteiger partial charge >= 0.3 is 6.01 Å². The second-order valence-electron chi connectivity index (χ2n) is 2.38. The predicted molar refractivity (Wildman–Crippen MR) is 47.9 cm³/mol. The van der Waals surface area contributed by atoms with Crippen molar-refractivity contribution in [2.75, 3.05) is 0 Å². The number of hydrogen-bond acceptors (Lipinski definition) is 5. The van der Waals surface area contributed by atoms with Gasteiger partial charge in [-0.15, -0.1) is 12.6 Å². The Hall–Kier alpha value is -1.56. The molecule has 2 rings (SSSR count). The van der Waals surface area contributed by atoms with Crippen LogP contribution in [0.3, 0.4) is 0 Å². The lowest BCUT2D eigenvalue weighted by Crippen LogP contribution is -1.85. The molecule has 0 fully saturated rings. The van der Waals surface area contributed by atoms with Crippen molar-refractivity contribution in [2.24, 2.45) is 0 Å². The molecule has 2 aromatic rings. The summed E-state index contributed by atoms with van der Waals surface area (Å²) in [6.07, 6.45) is 0. The lowest BCUT2D eigenvalue weighted by Gasteiger charge is -1.83. The number of para-hydroxylation sites is 1. The fraction of sp³-hybridized carbons (Fsp3) is 0. The minimum atomic E-state index is -0.673. The van der Waals surface area contributed by atoms with E-state index in [2.05, 4.69) is 17.6 Å². The van der Waals surface area contributed by atoms with Crippen molar-refractivity contribution in [1.29, 1.82) is 0 Å². The number of thiol groups is 1. The van der Waals surface area contributed by atoms with E-state index >= 15 is 0 Å². The zero-order chi connectivity index (χ0) is 9.42. The molecule has 66 valence electrons. The molecule has 1 aromatic heterocycles. The smallest absolute Gasteiger partial charge is 0.381 e. The first-order chi connectivity index (χ1) is 6.18. The van der Waals surface area contributed by atoms with Gasteiger partial charge in [0.05, 0.1) is 4.90 Å². The van der Waals surface area contributed by atoms with Crippen molar-refractivity contribution in [2.45, 2.75) is 4.90 Å². The van der Waals surface area contributed by atoms with Crippen LogP contribution in [0.2, 0.25) is 0 Å². The van der Waals surface area contributed by atoms with Crippen LogP contribution in [0.1, 0.15) is 0 Å². The van der Waals surface area contributed by atoms with Crippen molar-refractivity contribution < 1.29 is 9.34 Å². The van der Waals surface area contributed by atoms with Crippen molar-refractivity contribution in [3.05, 3.63) is 28.3 Å². The Balaban J connectivity index is 2.75. The van der Waals surface area contributed by atoms with Gasteiger partial charge in [0.1, 0.15) is 0 Å². The Morgan fingerprint density at radius 1 is 1.54 bits per heavy atom. The van der Waals surface area contributed by atoms with E-state index in [0.717, 1.165) is 0 Å². The highest BCUT2D eigenvalue weighted by Crippen LogP contribution is 2.24. The van der Waals surface area contributed by atoms with Crippen LogP contribution in [0.5, 0.6) is 0 Å². The molecule has 0 amide bonds. The first-order valence-corrected chi connectivity index (χ1v) is 3.86. The van der Waals surface area contributed by atoms with E-state index in [9.17, 15) is 10.1 Å². The van der Waals surface area contributed by atoms with Gasteiger partial charge in [-0.3, -0.25) is 0 Å². The molecular weight excluding hydrogens is 192 g/mol. The maximum Gasteiger partial charge on any atom is 0.546 e. The molecule has 0 radical (unpaired) electrons. The van der Waals surface area contributed by atoms with Gasteiger partial charge in [0.25, 0.3) is 0 Å². The van der Waals surface area contributed by atoms with E-state index in [1.165, 1.54) is 0 Å². The molecule has 0 aliphatic heterocycles. The van der Waals surface area contributed by atoms with E-state index < -0.39 is 10.9 Å². The standard InChI is InChI=1S/C7H4N2O3S/c10-9(11)7-8-6-4(12-7)2-1-3-5(6)13/h1-3,13H. The molecule has 0 aliphatic carbocycles. The molecule has 0 N–H and O–H groups in total. The van der Waals surface area contributed by atoms with Crippen LogP contribution in [0.15, 0.2) is 27.5 Å². The van der Waals surface area contributed by atoms with Gasteiger partial charge in [-0.2, -0.15) is 0 Å². The summed E-state index contributed by atoms with van der Waals surface area (Å²) in [6.45, 7) is 0. The molecule has 5 nitrogen and oxygen atoms in total. The number of aromatic nitrogens is 1. The van der Waals surface area contributed by atoms with Gasteiger partial charge in [0.15, 0.2) is 5.58 Å². The first kappa shape index (κ1) is 8.06. The number of rotatable bonds is 1. The second-order valence-corrected chi connectivity index (χ2v) is 2.86. The molecule has 1 heterocycles. The maximum absolute atomic E-state index is 10.3. The van der Waals surface area contributed by atoms with Crippen LogP contribution in [0, 0.1) is 10.1 Å². The summed E-state index contributed by atoms with van der Waals surface area (Å²) in [5.41, 5.74) is 0.789. The molecule has 0 unspecified atom stereocenters. The Morgan fingerprint density at radius 2 is 2.31 bits per heavy atom. The third-order valence-corrected chi connectivity index (χ3v) is 1.90. The molecular formula is C7H4N2O3S. The summed E-state index contributed by atoms with van der Waals surface area (Å²) in [7, 11) is 0. The van der Waals surface area contributed by atoms with Gasteiger partial charge in [-0.05, 0) is 12.1 Å². The SMILES string of the molecule is O=[N+]([O-])c1nc2c(S)cccc2o1. The zero-order valence-corrected chi connectivity index (χ0v) is 7.19. The third kappa shape index (κ3) is 1.25. The Bertz CT molecular complexity index is 480. The van der Waals surface area contributed by atoms with E-state index in [0.29, 0.717) is 16.0 Å². The number of oxazole rings is 1. The Kier molecular flexibility index (Phi) is 1.70. The van der Waals surface area contributed by atoms with E-state index in [4.69, 9.17) is 4.42 Å². The van der Waals surface area contributed by atoms with Crippen molar-refractivity contribution in [1.82, 2.24) is 4.98 Å². The minimum Gasteiger partial charge on any atom is -0.381 e. The van der Waals surface area contributed by atoms with Gasteiger partial charge in [-0.25, -0.2) is 0 Å². The van der Waals surface area contributed by atoms with E-state index in [1.807, 2.05) is 0 Å². The normalized spacial score (nSPS) is 10.5. The molecule has 0 saturated carbocycles. The monoisotopic (exact) mass is 196 g/mol. The fourth-order valence-corrected chi connectivity index (χ4v) is 1.25. The largest absolute Gasteiger partial charge is 0.546 e. The lowest BCUT2D eigenvalue weighted by atomic mass is 10.3. The fourth-order valence-electron chi connectivity index (χ4n) is 1.00. The van der Waals surface area contributed by atoms with Gasteiger partial charge in [0.2, 0.25) is 5.52 Å². The molecule has 0 spiro atoms. The molecule has 6 heteroatoms. The molecule has 0 atom stereocenters. The highest BCUT2D eigenvalue weighted by molar-refractivity contribution is 7.80. The number of nitrogens with zero attached hydrogens (tertiary/aromatic N) is 2. The Labute approximate surface area is 77.9 Å². The maximum atomic E-state index is 10.3. The van der Waals surface area contributed by atoms with Crippen LogP contribution in [-0.2, 0) is 0 Å². The summed E-state index contributed by atoms with van der Waals surface area (Å²) >= 11 is 4.09. The topological polar surface area (TPSA) is 69.2 Å². The molecule has 1 aromatic carbocycles. The third-order valence-electron chi connectivity index (χ3n) is 1.54. The Morgan fingerprint density at radius 3 is 2.92 bits per heavy atom. The minimum absolute atomic E-state index is 0.374. The number of benzene rings is 1. The number of fused-ring (bicyclic) bond motifs is 1. The van der Waals surface area contributed by atoms with Crippen LogP contribution >= 0.6 is 12.6 Å². The average Bonchev–Trinajstić information content (AvgIpc) is 2.49. The van der Waals surface area contributed by atoms with E-state index in [-0.39, 0.29) is 0 Å². The lowest BCUT2D eigenvalue weighted by molar-refractivity contribution is -0.406. The summed E-state index contributed by atoms with van der Waals surface area (Å²) in [5, 5.41) is 10.3. The quantitative estimate of drug-likeness (QED) is 0.430. The van der Waals surface area contributed by atoms with Crippen LogP contribution in [0.25, 0.3) is 11.1 Å². The summed E-state index contributed by atoms with van der Waals surface area (Å²) in [6, 6.07) is 4.49. The summed E-state index contributed by atoms with van der Waals surface area (Å²) < 4.78 is 4.85. The number of nitro groups is 1. The van der Waals surface area contributed by atoms with E-state index in [1.54, 1.807) is 18.2 Å². The second kappa shape index (κ2) is 2.74. The molecule has 0 aliphatic rings. The molecule has 0 saturated heterocycles. The van der Waals surface area contributed by atoms with Gasteiger partial charge < -0.3 is 14.5 Å². The highest BCUT2D eigenvalue weighted by Gasteiger charge is 2.18. The zero-order valence-electron chi connectivity index (χ0n) is 6.30. The van der Waals surface area contributed by atoms with Crippen LogP contribution in [-0.4, -0.2) is 9.91 Å². The van der Waals surface area contributed by atoms with Crippen molar-refractivity contribution in [3.63, 3.8) is 0 Å². The average molecular weight is 196 g/mol. The first-order valence-electron chi connectivity index (χ1n) is 3.41. The van der Waals surface area contributed by atoms with Crippen LogP contribution in [0.4, 0.5) is 6.01 Å². The number of hydrogen-bond donors (Lipinski definition) is 1. The van der Waals surface area contributed by atoms with Crippen molar-refractivity contribution in [3.8, 4) is 0 Å². The summed E-state index contributed by atoms with van der Waals surface area (Å²) in [4.78, 5) is 13.9.